The summed E-state index contributed by atoms with van der Waals surface area (Å²) in [7, 11) is 0. The maximum absolute atomic E-state index is 4.68. The molecule has 3 heteroatoms. The summed E-state index contributed by atoms with van der Waals surface area (Å²) in [6.45, 7) is 2.22. The standard InChI is InChI=1S/C21H27N3/c1-2-7-17(8-3-1)16-24-14-5-4-11-20(24)18-12-13-21(22-15-18)23-19-9-6-10-19/h1-3,7-8,12-13,15,19-20H,4-6,9-11,14,16H2,(H,22,23)/t20-/m1/s1. The fourth-order valence-corrected chi connectivity index (χ4v) is 3.83. The van der Waals surface area contributed by atoms with E-state index in [4.69, 9.17) is 0 Å². The number of nitrogens with one attached hydrogen (secondary N) is 1. The summed E-state index contributed by atoms with van der Waals surface area (Å²) >= 11 is 0. The van der Waals surface area contributed by atoms with E-state index >= 15 is 0 Å². The van der Waals surface area contributed by atoms with Crippen molar-refractivity contribution in [2.45, 2.75) is 57.2 Å². The second-order valence-corrected chi connectivity index (χ2v) is 7.22. The average molecular weight is 321 g/mol. The Kier molecular flexibility index (Phi) is 4.79. The molecule has 2 aromatic rings. The molecule has 1 aliphatic heterocycles. The number of anilines is 1. The van der Waals surface area contributed by atoms with Gasteiger partial charge in [-0.05, 0) is 55.8 Å². The third-order valence-electron chi connectivity index (χ3n) is 5.47. The molecule has 0 amide bonds. The van der Waals surface area contributed by atoms with Crippen LogP contribution >= 0.6 is 0 Å². The van der Waals surface area contributed by atoms with Crippen molar-refractivity contribution >= 4 is 5.82 Å². The molecule has 0 spiro atoms. The van der Waals surface area contributed by atoms with E-state index in [9.17, 15) is 0 Å². The molecule has 0 bridgehead atoms. The number of hydrogen-bond acceptors (Lipinski definition) is 3. The highest BCUT2D eigenvalue weighted by atomic mass is 15.2. The van der Waals surface area contributed by atoms with E-state index in [-0.39, 0.29) is 0 Å². The Hall–Kier alpha value is -1.87. The molecular formula is C21H27N3. The molecule has 126 valence electrons. The van der Waals surface area contributed by atoms with Crippen LogP contribution in [0.15, 0.2) is 48.7 Å². The summed E-state index contributed by atoms with van der Waals surface area (Å²) in [4.78, 5) is 7.30. The molecule has 2 fully saturated rings. The lowest BCUT2D eigenvalue weighted by Crippen LogP contribution is -2.33. The third kappa shape index (κ3) is 3.62. The number of benzene rings is 1. The van der Waals surface area contributed by atoms with Crippen molar-refractivity contribution in [2.24, 2.45) is 0 Å². The van der Waals surface area contributed by atoms with Gasteiger partial charge in [0.05, 0.1) is 0 Å². The van der Waals surface area contributed by atoms with E-state index in [0.717, 1.165) is 12.4 Å². The molecule has 1 atom stereocenters. The number of pyridine rings is 1. The van der Waals surface area contributed by atoms with Gasteiger partial charge in [-0.25, -0.2) is 4.98 Å². The quantitative estimate of drug-likeness (QED) is 0.859. The van der Waals surface area contributed by atoms with Crippen molar-refractivity contribution < 1.29 is 0 Å². The molecule has 0 unspecified atom stereocenters. The highest BCUT2D eigenvalue weighted by Crippen LogP contribution is 2.32. The van der Waals surface area contributed by atoms with Gasteiger partial charge in [-0.1, -0.05) is 42.8 Å². The number of rotatable bonds is 5. The van der Waals surface area contributed by atoms with Crippen molar-refractivity contribution in [1.29, 1.82) is 0 Å². The Labute approximate surface area is 145 Å². The lowest BCUT2D eigenvalue weighted by atomic mass is 9.93. The topological polar surface area (TPSA) is 28.2 Å². The molecule has 24 heavy (non-hydrogen) atoms. The first-order valence-electron chi connectivity index (χ1n) is 9.39. The van der Waals surface area contributed by atoms with Gasteiger partial charge >= 0.3 is 0 Å². The van der Waals surface area contributed by atoms with Crippen LogP contribution < -0.4 is 5.32 Å². The van der Waals surface area contributed by atoms with Crippen LogP contribution in [0.4, 0.5) is 5.82 Å². The molecule has 0 radical (unpaired) electrons. The number of aromatic nitrogens is 1. The van der Waals surface area contributed by atoms with Gasteiger partial charge in [0.1, 0.15) is 5.82 Å². The first-order valence-corrected chi connectivity index (χ1v) is 9.39. The minimum Gasteiger partial charge on any atom is -0.367 e. The van der Waals surface area contributed by atoms with Gasteiger partial charge in [-0.3, -0.25) is 4.90 Å². The average Bonchev–Trinajstić information content (AvgIpc) is 2.60. The molecular weight excluding hydrogens is 294 g/mol. The van der Waals surface area contributed by atoms with Gasteiger partial charge in [0, 0.05) is 24.8 Å². The Morgan fingerprint density at radius 1 is 0.958 bits per heavy atom. The predicted octanol–water partition coefficient (Wildman–Crippen LogP) is 4.77. The first kappa shape index (κ1) is 15.6. The maximum Gasteiger partial charge on any atom is 0.126 e. The van der Waals surface area contributed by atoms with Crippen molar-refractivity contribution in [3.05, 3.63) is 59.8 Å². The zero-order valence-electron chi connectivity index (χ0n) is 14.3. The second-order valence-electron chi connectivity index (χ2n) is 7.22. The van der Waals surface area contributed by atoms with Gasteiger partial charge in [-0.15, -0.1) is 0 Å². The summed E-state index contributed by atoms with van der Waals surface area (Å²) in [5.74, 6) is 1.04. The van der Waals surface area contributed by atoms with Crippen LogP contribution in [0.25, 0.3) is 0 Å². The smallest absolute Gasteiger partial charge is 0.126 e. The minimum atomic E-state index is 0.504. The van der Waals surface area contributed by atoms with Gasteiger partial charge in [0.2, 0.25) is 0 Å². The molecule has 1 aliphatic carbocycles. The number of hydrogen-bond donors (Lipinski definition) is 1. The highest BCUT2D eigenvalue weighted by molar-refractivity contribution is 5.38. The minimum absolute atomic E-state index is 0.504. The van der Waals surface area contributed by atoms with Crippen LogP contribution in [0, 0.1) is 0 Å². The molecule has 4 rings (SSSR count). The summed E-state index contributed by atoms with van der Waals surface area (Å²) in [6, 6.07) is 16.4. The number of piperidine rings is 1. The van der Waals surface area contributed by atoms with Gasteiger partial charge in [-0.2, -0.15) is 0 Å². The van der Waals surface area contributed by atoms with E-state index in [1.807, 2.05) is 0 Å². The highest BCUT2D eigenvalue weighted by Gasteiger charge is 2.24. The van der Waals surface area contributed by atoms with Gasteiger partial charge in [0.15, 0.2) is 0 Å². The Balaban J connectivity index is 1.45. The van der Waals surface area contributed by atoms with Gasteiger partial charge < -0.3 is 5.32 Å². The molecule has 1 aromatic carbocycles. The largest absolute Gasteiger partial charge is 0.367 e. The normalized spacial score (nSPS) is 22.1. The van der Waals surface area contributed by atoms with E-state index in [0.29, 0.717) is 12.1 Å². The van der Waals surface area contributed by atoms with Crippen LogP contribution in [0.2, 0.25) is 0 Å². The zero-order valence-corrected chi connectivity index (χ0v) is 14.3. The third-order valence-corrected chi connectivity index (χ3v) is 5.47. The van der Waals surface area contributed by atoms with E-state index in [1.165, 1.54) is 56.2 Å². The van der Waals surface area contributed by atoms with Crippen LogP contribution in [0.1, 0.15) is 55.7 Å². The van der Waals surface area contributed by atoms with E-state index in [2.05, 4.69) is 63.9 Å². The van der Waals surface area contributed by atoms with E-state index < -0.39 is 0 Å². The van der Waals surface area contributed by atoms with Crippen molar-refractivity contribution in [3.8, 4) is 0 Å². The fourth-order valence-electron chi connectivity index (χ4n) is 3.83. The number of likely N-dealkylation sites (tertiary alicyclic amines) is 1. The van der Waals surface area contributed by atoms with Crippen molar-refractivity contribution in [2.75, 3.05) is 11.9 Å². The Morgan fingerprint density at radius 2 is 1.83 bits per heavy atom. The summed E-state index contributed by atoms with van der Waals surface area (Å²) in [5.41, 5.74) is 2.77. The van der Waals surface area contributed by atoms with Crippen molar-refractivity contribution in [3.63, 3.8) is 0 Å². The SMILES string of the molecule is c1ccc(CN2CCCC[C@@H]2c2ccc(NC3CCC3)nc2)cc1. The summed E-state index contributed by atoms with van der Waals surface area (Å²) < 4.78 is 0. The van der Waals surface area contributed by atoms with Crippen molar-refractivity contribution in [1.82, 2.24) is 9.88 Å². The van der Waals surface area contributed by atoms with E-state index in [1.54, 1.807) is 0 Å². The van der Waals surface area contributed by atoms with Crippen LogP contribution in [-0.2, 0) is 6.54 Å². The fraction of sp³-hybridized carbons (Fsp3) is 0.476. The molecule has 3 nitrogen and oxygen atoms in total. The Bertz CT molecular complexity index is 634. The summed E-state index contributed by atoms with van der Waals surface area (Å²) in [6.07, 6.45) is 9.88. The predicted molar refractivity (Wildman–Crippen MR) is 98.9 cm³/mol. The molecule has 1 saturated carbocycles. The summed E-state index contributed by atoms with van der Waals surface area (Å²) in [5, 5.41) is 3.53. The first-order chi connectivity index (χ1) is 11.9. The lowest BCUT2D eigenvalue weighted by Gasteiger charge is -2.36. The molecule has 2 heterocycles. The van der Waals surface area contributed by atoms with Gasteiger partial charge in [0.25, 0.3) is 0 Å². The lowest BCUT2D eigenvalue weighted by molar-refractivity contribution is 0.140. The molecule has 1 N–H and O–H groups in total. The Morgan fingerprint density at radius 3 is 2.54 bits per heavy atom. The molecule has 2 aliphatic rings. The zero-order chi connectivity index (χ0) is 16.2. The molecule has 1 saturated heterocycles. The van der Waals surface area contributed by atoms with Crippen LogP contribution in [0.3, 0.4) is 0 Å². The van der Waals surface area contributed by atoms with Crippen LogP contribution in [-0.4, -0.2) is 22.5 Å². The number of nitrogens with zero attached hydrogens (tertiary/aromatic N) is 2. The second kappa shape index (κ2) is 7.35. The van der Waals surface area contributed by atoms with Crippen LogP contribution in [0.5, 0.6) is 0 Å². The molecule has 1 aromatic heterocycles. The maximum atomic E-state index is 4.68. The monoisotopic (exact) mass is 321 g/mol.